The van der Waals surface area contributed by atoms with E-state index in [1.807, 2.05) is 38.5 Å². The van der Waals surface area contributed by atoms with Crippen molar-refractivity contribution in [2.75, 3.05) is 12.4 Å². The quantitative estimate of drug-likeness (QED) is 0.905. The van der Waals surface area contributed by atoms with E-state index in [4.69, 9.17) is 0 Å². The van der Waals surface area contributed by atoms with Crippen LogP contribution in [0.25, 0.3) is 11.3 Å². The topological polar surface area (TPSA) is 29.9 Å². The molecule has 1 heterocycles. The fourth-order valence-electron chi connectivity index (χ4n) is 1.48. The van der Waals surface area contributed by atoms with Crippen LogP contribution in [0, 0.1) is 0 Å². The first-order chi connectivity index (χ1) is 7.20. The molecule has 0 atom stereocenters. The SMILES string of the molecule is CNc1cccc(-c2nn(C)cc2Br)c1. The largest absolute Gasteiger partial charge is 0.388 e. The lowest BCUT2D eigenvalue weighted by Crippen LogP contribution is -1.90. The van der Waals surface area contributed by atoms with E-state index in [-0.39, 0.29) is 0 Å². The molecule has 15 heavy (non-hydrogen) atoms. The van der Waals surface area contributed by atoms with Crippen LogP contribution in [0.3, 0.4) is 0 Å². The van der Waals surface area contributed by atoms with Crippen molar-refractivity contribution < 1.29 is 0 Å². The van der Waals surface area contributed by atoms with Crippen LogP contribution in [0.15, 0.2) is 34.9 Å². The second kappa shape index (κ2) is 4.06. The van der Waals surface area contributed by atoms with E-state index >= 15 is 0 Å². The summed E-state index contributed by atoms with van der Waals surface area (Å²) < 4.78 is 2.81. The van der Waals surface area contributed by atoms with Gasteiger partial charge in [0.15, 0.2) is 0 Å². The van der Waals surface area contributed by atoms with E-state index in [2.05, 4.69) is 32.4 Å². The van der Waals surface area contributed by atoms with Gasteiger partial charge in [0.2, 0.25) is 0 Å². The Balaban J connectivity index is 2.49. The van der Waals surface area contributed by atoms with Gasteiger partial charge in [-0.3, -0.25) is 4.68 Å². The summed E-state index contributed by atoms with van der Waals surface area (Å²) in [4.78, 5) is 0. The third kappa shape index (κ3) is 2.04. The summed E-state index contributed by atoms with van der Waals surface area (Å²) in [5.41, 5.74) is 3.16. The minimum absolute atomic E-state index is 0.967. The second-order valence-electron chi connectivity index (χ2n) is 3.33. The highest BCUT2D eigenvalue weighted by atomic mass is 79.9. The molecule has 0 aliphatic heterocycles. The zero-order valence-electron chi connectivity index (χ0n) is 8.66. The number of anilines is 1. The maximum absolute atomic E-state index is 4.40. The van der Waals surface area contributed by atoms with Gasteiger partial charge < -0.3 is 5.32 Å². The molecule has 2 rings (SSSR count). The van der Waals surface area contributed by atoms with Gasteiger partial charge in [0, 0.05) is 31.5 Å². The molecule has 1 aromatic carbocycles. The maximum atomic E-state index is 4.40. The van der Waals surface area contributed by atoms with Crippen molar-refractivity contribution in [1.82, 2.24) is 9.78 Å². The van der Waals surface area contributed by atoms with Gasteiger partial charge in [-0.15, -0.1) is 0 Å². The molecular formula is C11H12BrN3. The predicted molar refractivity (Wildman–Crippen MR) is 65.9 cm³/mol. The van der Waals surface area contributed by atoms with Gasteiger partial charge in [-0.1, -0.05) is 12.1 Å². The van der Waals surface area contributed by atoms with E-state index in [0.29, 0.717) is 0 Å². The Bertz CT molecular complexity index is 476. The Hall–Kier alpha value is -1.29. The van der Waals surface area contributed by atoms with Crippen molar-refractivity contribution in [2.45, 2.75) is 0 Å². The van der Waals surface area contributed by atoms with Crippen LogP contribution in [0.2, 0.25) is 0 Å². The number of halogens is 1. The number of rotatable bonds is 2. The molecule has 0 fully saturated rings. The molecule has 0 bridgehead atoms. The molecule has 1 aromatic heterocycles. The first kappa shape index (κ1) is 10.2. The Morgan fingerprint density at radius 1 is 1.40 bits per heavy atom. The third-order valence-corrected chi connectivity index (χ3v) is 2.79. The highest BCUT2D eigenvalue weighted by Crippen LogP contribution is 2.27. The number of hydrogen-bond acceptors (Lipinski definition) is 2. The van der Waals surface area contributed by atoms with Crippen LogP contribution in [0.4, 0.5) is 5.69 Å². The Labute approximate surface area is 97.2 Å². The van der Waals surface area contributed by atoms with Crippen molar-refractivity contribution in [3.05, 3.63) is 34.9 Å². The van der Waals surface area contributed by atoms with Crippen LogP contribution < -0.4 is 5.32 Å². The number of hydrogen-bond donors (Lipinski definition) is 1. The minimum atomic E-state index is 0.967. The molecule has 0 unspecified atom stereocenters. The maximum Gasteiger partial charge on any atom is 0.107 e. The number of nitrogens with one attached hydrogen (secondary N) is 1. The van der Waals surface area contributed by atoms with E-state index in [9.17, 15) is 0 Å². The predicted octanol–water partition coefficient (Wildman–Crippen LogP) is 2.89. The van der Waals surface area contributed by atoms with Gasteiger partial charge in [0.05, 0.1) is 4.47 Å². The van der Waals surface area contributed by atoms with Crippen LogP contribution in [-0.4, -0.2) is 16.8 Å². The zero-order chi connectivity index (χ0) is 10.8. The third-order valence-electron chi connectivity index (χ3n) is 2.21. The fraction of sp³-hybridized carbons (Fsp3) is 0.182. The lowest BCUT2D eigenvalue weighted by Gasteiger charge is -2.02. The van der Waals surface area contributed by atoms with Gasteiger partial charge >= 0.3 is 0 Å². The lowest BCUT2D eigenvalue weighted by atomic mass is 10.1. The van der Waals surface area contributed by atoms with Crippen LogP contribution in [0.1, 0.15) is 0 Å². The second-order valence-corrected chi connectivity index (χ2v) is 4.18. The Morgan fingerprint density at radius 3 is 2.80 bits per heavy atom. The number of aryl methyl sites for hydroxylation is 1. The summed E-state index contributed by atoms with van der Waals surface area (Å²) in [7, 11) is 3.82. The Kier molecular flexibility index (Phi) is 2.77. The van der Waals surface area contributed by atoms with Gasteiger partial charge in [0.1, 0.15) is 5.69 Å². The van der Waals surface area contributed by atoms with E-state index in [1.54, 1.807) is 4.68 Å². The number of benzene rings is 1. The zero-order valence-corrected chi connectivity index (χ0v) is 10.2. The van der Waals surface area contributed by atoms with Gasteiger partial charge in [-0.25, -0.2) is 0 Å². The normalized spacial score (nSPS) is 10.3. The summed E-state index contributed by atoms with van der Waals surface area (Å²) in [5.74, 6) is 0. The highest BCUT2D eigenvalue weighted by Gasteiger charge is 2.07. The minimum Gasteiger partial charge on any atom is -0.388 e. The molecule has 1 N–H and O–H groups in total. The van der Waals surface area contributed by atoms with Crippen molar-refractivity contribution in [3.63, 3.8) is 0 Å². The molecule has 0 saturated heterocycles. The average molecular weight is 266 g/mol. The number of aromatic nitrogens is 2. The molecule has 78 valence electrons. The van der Waals surface area contributed by atoms with E-state index in [0.717, 1.165) is 21.4 Å². The number of nitrogens with zero attached hydrogens (tertiary/aromatic N) is 2. The van der Waals surface area contributed by atoms with E-state index in [1.165, 1.54) is 0 Å². The lowest BCUT2D eigenvalue weighted by molar-refractivity contribution is 0.770. The molecule has 0 amide bonds. The molecule has 2 aromatic rings. The molecular weight excluding hydrogens is 254 g/mol. The van der Waals surface area contributed by atoms with Crippen LogP contribution >= 0.6 is 15.9 Å². The summed E-state index contributed by atoms with van der Waals surface area (Å²) in [6.07, 6.45) is 1.95. The van der Waals surface area contributed by atoms with Crippen molar-refractivity contribution in [3.8, 4) is 11.3 Å². The summed E-state index contributed by atoms with van der Waals surface area (Å²) in [6, 6.07) is 8.17. The summed E-state index contributed by atoms with van der Waals surface area (Å²) in [5, 5.41) is 7.51. The molecule has 0 saturated carbocycles. The molecule has 4 heteroatoms. The fourth-order valence-corrected chi connectivity index (χ4v) is 2.08. The Morgan fingerprint density at radius 2 is 2.20 bits per heavy atom. The van der Waals surface area contributed by atoms with Crippen molar-refractivity contribution >= 4 is 21.6 Å². The first-order valence-corrected chi connectivity index (χ1v) is 5.47. The van der Waals surface area contributed by atoms with Crippen LogP contribution in [0.5, 0.6) is 0 Å². The van der Waals surface area contributed by atoms with Crippen molar-refractivity contribution in [1.29, 1.82) is 0 Å². The van der Waals surface area contributed by atoms with Crippen LogP contribution in [-0.2, 0) is 7.05 Å². The smallest absolute Gasteiger partial charge is 0.107 e. The molecule has 0 aliphatic rings. The van der Waals surface area contributed by atoms with Crippen molar-refractivity contribution in [2.24, 2.45) is 7.05 Å². The molecule has 0 spiro atoms. The molecule has 0 radical (unpaired) electrons. The van der Waals surface area contributed by atoms with E-state index < -0.39 is 0 Å². The average Bonchev–Trinajstić information content (AvgIpc) is 2.58. The first-order valence-electron chi connectivity index (χ1n) is 4.68. The monoisotopic (exact) mass is 265 g/mol. The van der Waals surface area contributed by atoms with Gasteiger partial charge in [0.25, 0.3) is 0 Å². The standard InChI is InChI=1S/C11H12BrN3/c1-13-9-5-3-4-8(6-9)11-10(12)7-15(2)14-11/h3-7,13H,1-2H3. The van der Waals surface area contributed by atoms with Gasteiger partial charge in [-0.05, 0) is 28.1 Å². The summed E-state index contributed by atoms with van der Waals surface area (Å²) >= 11 is 3.50. The summed E-state index contributed by atoms with van der Waals surface area (Å²) in [6.45, 7) is 0. The highest BCUT2D eigenvalue weighted by molar-refractivity contribution is 9.10. The molecule has 0 aliphatic carbocycles. The van der Waals surface area contributed by atoms with Gasteiger partial charge in [-0.2, -0.15) is 5.10 Å². The molecule has 3 nitrogen and oxygen atoms in total.